The number of halogens is 2. The first-order valence-corrected chi connectivity index (χ1v) is 32.0. The Labute approximate surface area is 543 Å². The van der Waals surface area contributed by atoms with Crippen LogP contribution in [0.3, 0.4) is 0 Å². The van der Waals surface area contributed by atoms with Gasteiger partial charge in [-0.3, -0.25) is 0 Å². The molecule has 0 bridgehead atoms. The summed E-state index contributed by atoms with van der Waals surface area (Å²) in [6.07, 6.45) is 0. The van der Waals surface area contributed by atoms with Crippen molar-refractivity contribution in [2.75, 3.05) is 9.80 Å². The molecule has 0 amide bonds. The number of hydrogen-bond acceptors (Lipinski definition) is 4. The van der Waals surface area contributed by atoms with Crippen molar-refractivity contribution in [1.29, 1.82) is 0 Å². The van der Waals surface area contributed by atoms with Gasteiger partial charge in [0.05, 0.1) is 22.7 Å². The van der Waals surface area contributed by atoms with Gasteiger partial charge in [-0.15, -0.1) is 0 Å². The molecule has 0 saturated heterocycles. The molecule has 14 aromatic carbocycles. The monoisotopic (exact) mass is 1210 g/mol. The van der Waals surface area contributed by atoms with E-state index in [1.54, 1.807) is 12.1 Å². The van der Waals surface area contributed by atoms with Crippen molar-refractivity contribution in [3.8, 4) is 66.8 Å². The van der Waals surface area contributed by atoms with Crippen LogP contribution in [0.5, 0.6) is 0 Å². The quantitative estimate of drug-likeness (QED) is 0.129. The lowest BCUT2D eigenvalue weighted by atomic mass is 9.56. The number of fused-ring (bicyclic) bond motifs is 12. The molecule has 2 aliphatic rings. The Bertz CT molecular complexity index is 5350. The van der Waals surface area contributed by atoms with Gasteiger partial charge in [0, 0.05) is 54.9 Å². The number of hydrogen-bond donors (Lipinski definition) is 0. The predicted molar refractivity (Wildman–Crippen MR) is 382 cm³/mol. The fourth-order valence-electron chi connectivity index (χ4n) is 15.8. The lowest BCUT2D eigenvalue weighted by molar-refractivity contribution is 0.376. The van der Waals surface area contributed by atoms with Crippen LogP contribution in [0.15, 0.2) is 324 Å². The van der Waals surface area contributed by atoms with Gasteiger partial charge >= 0.3 is 0 Å². The molecule has 0 N–H and O–H groups in total. The Hall–Kier alpha value is -11.9. The van der Waals surface area contributed by atoms with Gasteiger partial charge in [-0.05, 0) is 151 Å². The van der Waals surface area contributed by atoms with E-state index in [1.807, 2.05) is 146 Å². The van der Waals surface area contributed by atoms with Gasteiger partial charge in [0.25, 0.3) is 0 Å². The van der Waals surface area contributed by atoms with Crippen molar-refractivity contribution in [1.82, 2.24) is 0 Å². The van der Waals surface area contributed by atoms with E-state index in [0.717, 1.165) is 133 Å². The van der Waals surface area contributed by atoms with Crippen molar-refractivity contribution in [2.45, 2.75) is 24.7 Å². The van der Waals surface area contributed by atoms with Crippen LogP contribution < -0.4 is 9.80 Å². The van der Waals surface area contributed by atoms with E-state index in [4.69, 9.17) is 8.83 Å². The highest BCUT2D eigenvalue weighted by Crippen LogP contribution is 2.66. The summed E-state index contributed by atoms with van der Waals surface area (Å²) < 4.78 is 51.1. The first kappa shape index (κ1) is 55.0. The zero-order valence-electron chi connectivity index (χ0n) is 51.5. The van der Waals surface area contributed by atoms with E-state index in [0.29, 0.717) is 33.9 Å². The first-order chi connectivity index (χ1) is 46.2. The summed E-state index contributed by atoms with van der Waals surface area (Å²) in [6, 6.07) is 108. The summed E-state index contributed by atoms with van der Waals surface area (Å²) in [5.41, 5.74) is 20.2. The van der Waals surface area contributed by atoms with Gasteiger partial charge in [0.1, 0.15) is 22.8 Å². The Balaban J connectivity index is 0.897. The highest BCUT2D eigenvalue weighted by molar-refractivity contribution is 6.13. The van der Waals surface area contributed by atoms with Crippen LogP contribution in [0.4, 0.5) is 42.9 Å². The average Bonchev–Trinajstić information content (AvgIpc) is 1.49. The molecule has 4 nitrogen and oxygen atoms in total. The summed E-state index contributed by atoms with van der Waals surface area (Å²) in [7, 11) is 0. The van der Waals surface area contributed by atoms with E-state index in [1.165, 1.54) is 0 Å². The molecule has 0 aliphatic heterocycles. The van der Waals surface area contributed by atoms with Gasteiger partial charge in [-0.2, -0.15) is 0 Å². The van der Waals surface area contributed by atoms with Crippen molar-refractivity contribution < 1.29 is 17.6 Å². The number of furan rings is 2. The third kappa shape index (κ3) is 8.22. The van der Waals surface area contributed by atoms with Gasteiger partial charge in [-0.25, -0.2) is 8.78 Å². The summed E-state index contributed by atoms with van der Waals surface area (Å²) in [5, 5.41) is 3.80. The highest BCUT2D eigenvalue weighted by Gasteiger charge is 2.58. The second kappa shape index (κ2) is 21.4. The fourth-order valence-corrected chi connectivity index (χ4v) is 15.8. The normalized spacial score (nSPS) is 15.3. The van der Waals surface area contributed by atoms with Crippen LogP contribution in [0.2, 0.25) is 0 Å². The van der Waals surface area contributed by atoms with Crippen molar-refractivity contribution in [3.05, 3.63) is 349 Å². The van der Waals surface area contributed by atoms with E-state index in [2.05, 4.69) is 181 Å². The first-order valence-electron chi connectivity index (χ1n) is 32.0. The summed E-state index contributed by atoms with van der Waals surface area (Å²) in [5.74, 6) is -0.773. The number of nitrogens with zero attached hydrogens (tertiary/aromatic N) is 2. The second-order valence-electron chi connectivity index (χ2n) is 25.1. The summed E-state index contributed by atoms with van der Waals surface area (Å²) in [6.45, 7) is 4.80. The van der Waals surface area contributed by atoms with Crippen LogP contribution in [-0.2, 0) is 10.8 Å². The third-order valence-corrected chi connectivity index (χ3v) is 20.3. The molecule has 2 aromatic heterocycles. The maximum Gasteiger partial charge on any atom is 0.159 e. The zero-order valence-corrected chi connectivity index (χ0v) is 51.5. The molecule has 0 radical (unpaired) electrons. The number of rotatable bonds is 11. The van der Waals surface area contributed by atoms with Crippen LogP contribution in [0.25, 0.3) is 111 Å². The molecule has 2 unspecified atom stereocenters. The second-order valence-corrected chi connectivity index (χ2v) is 25.1. The van der Waals surface area contributed by atoms with Gasteiger partial charge in [0.2, 0.25) is 0 Å². The highest BCUT2D eigenvalue weighted by atomic mass is 19.1. The molecule has 6 heteroatoms. The van der Waals surface area contributed by atoms with Crippen LogP contribution >= 0.6 is 0 Å². The van der Waals surface area contributed by atoms with E-state index < -0.39 is 10.8 Å². The molecule has 2 heterocycles. The van der Waals surface area contributed by atoms with Gasteiger partial charge in [0.15, 0.2) is 11.2 Å². The minimum atomic E-state index is -0.828. The van der Waals surface area contributed by atoms with E-state index >= 15 is 8.78 Å². The molecule has 0 spiro atoms. The number of para-hydroxylation sites is 4. The maximum absolute atomic E-state index is 18.6. The van der Waals surface area contributed by atoms with E-state index in [9.17, 15) is 0 Å². The molecule has 0 fully saturated rings. The van der Waals surface area contributed by atoms with Crippen molar-refractivity contribution >= 4 is 78.0 Å². The summed E-state index contributed by atoms with van der Waals surface area (Å²) >= 11 is 0. The van der Waals surface area contributed by atoms with E-state index in [-0.39, 0.29) is 11.6 Å². The molecule has 94 heavy (non-hydrogen) atoms. The van der Waals surface area contributed by atoms with Gasteiger partial charge < -0.3 is 18.6 Å². The van der Waals surface area contributed by atoms with Crippen molar-refractivity contribution in [3.63, 3.8) is 0 Å². The Morgan fingerprint density at radius 2 is 0.606 bits per heavy atom. The average molecular weight is 1210 g/mol. The third-order valence-electron chi connectivity index (χ3n) is 20.3. The lowest BCUT2D eigenvalue weighted by Gasteiger charge is -2.45. The molecule has 0 saturated carbocycles. The largest absolute Gasteiger partial charge is 0.454 e. The van der Waals surface area contributed by atoms with Crippen LogP contribution in [0, 0.1) is 11.6 Å². The minimum Gasteiger partial charge on any atom is -0.454 e. The number of anilines is 6. The fraction of sp³-hybridized carbons (Fsp3) is 0.0455. The predicted octanol–water partition coefficient (Wildman–Crippen LogP) is 24.6. The molecule has 446 valence electrons. The molecule has 18 rings (SSSR count). The van der Waals surface area contributed by atoms with Crippen LogP contribution in [-0.4, -0.2) is 0 Å². The zero-order chi connectivity index (χ0) is 62.8. The molecular weight excluding hydrogens is 1150 g/mol. The Morgan fingerprint density at radius 3 is 1.02 bits per heavy atom. The Kier molecular flexibility index (Phi) is 12.5. The minimum absolute atomic E-state index is 0.387. The SMILES string of the molecule is CC1(C2(C)c3ccccc3-c3ccc(N(c4c(F)cc(-c5ccccc5)cc4-c4ccccc4)c4cccc5c4oc4ccccc45)cc32)c2ccccc2-c2ccc(N(c3c(F)cc(-c4ccccc4)cc3-c3ccccc3)c3cccc4c3oc3ccccc34)cc21. The molecule has 2 aliphatic carbocycles. The topological polar surface area (TPSA) is 32.8 Å². The molecule has 16 aromatic rings. The summed E-state index contributed by atoms with van der Waals surface area (Å²) in [4.78, 5) is 4.19. The smallest absolute Gasteiger partial charge is 0.159 e. The number of benzene rings is 14. The van der Waals surface area contributed by atoms with Crippen LogP contribution in [0.1, 0.15) is 36.1 Å². The lowest BCUT2D eigenvalue weighted by Crippen LogP contribution is -2.44. The standard InChI is InChI=1S/C88H58F2N2O2/c1-87(73-39-19-15-33-63(73)65-47-45-61(53-75(65)87)91(79-41-23-37-69-67-35-17-21-43-81(67)93-85(69)79)83-71(57-29-11-5-12-30-57)49-59(51-77(83)89)55-25-7-3-8-26-55)88(2)74-40-20-16-34-64(74)66-48-46-62(54-76(66)88)92(80-42-24-38-70-68-36-18-22-44-82(68)94-86(70)80)84-72(58-31-13-6-14-32-58)50-60(52-78(84)90)56-27-9-4-10-28-56/h3-54H,1-2H3. The Morgan fingerprint density at radius 1 is 0.266 bits per heavy atom. The molecule has 2 atom stereocenters. The van der Waals surface area contributed by atoms with Gasteiger partial charge in [-0.1, -0.05) is 257 Å². The van der Waals surface area contributed by atoms with Crippen molar-refractivity contribution in [2.24, 2.45) is 0 Å². The molecular formula is C88H58F2N2O2. The maximum atomic E-state index is 18.6.